The molecule has 0 bridgehead atoms. The zero-order chi connectivity index (χ0) is 11.0. The van der Waals surface area contributed by atoms with E-state index in [2.05, 4.69) is 27.3 Å². The zero-order valence-electron chi connectivity index (χ0n) is 9.65. The Balaban J connectivity index is 1.59. The molecule has 2 aliphatic rings. The lowest BCUT2D eigenvalue weighted by Gasteiger charge is -2.30. The molecule has 2 fully saturated rings. The molecule has 1 aromatic rings. The standard InChI is InChI=1S/C11H18N4O/c1-8-6-15(5-4-12-8)7-10-13-11(16-14-10)9-2-3-9/h8-9,12H,2-7H2,1H3/t8-/m0/s1. The minimum absolute atomic E-state index is 0.559. The molecule has 1 saturated heterocycles. The predicted octanol–water partition coefficient (Wildman–Crippen LogP) is 0.741. The SMILES string of the molecule is C[C@H]1CN(Cc2noc(C3CC3)n2)CCN1. The fourth-order valence-electron chi connectivity index (χ4n) is 2.18. The third-order valence-corrected chi connectivity index (χ3v) is 3.23. The van der Waals surface area contributed by atoms with Crippen molar-refractivity contribution in [2.45, 2.75) is 38.3 Å². The van der Waals surface area contributed by atoms with Gasteiger partial charge in [-0.1, -0.05) is 5.16 Å². The van der Waals surface area contributed by atoms with E-state index in [1.165, 1.54) is 12.8 Å². The van der Waals surface area contributed by atoms with E-state index < -0.39 is 0 Å². The summed E-state index contributed by atoms with van der Waals surface area (Å²) in [7, 11) is 0. The van der Waals surface area contributed by atoms with Crippen LogP contribution in [0.2, 0.25) is 0 Å². The van der Waals surface area contributed by atoms with Crippen molar-refractivity contribution in [2.75, 3.05) is 19.6 Å². The van der Waals surface area contributed by atoms with Crippen molar-refractivity contribution in [1.29, 1.82) is 0 Å². The van der Waals surface area contributed by atoms with Gasteiger partial charge in [0.15, 0.2) is 5.82 Å². The molecule has 0 radical (unpaired) electrons. The molecule has 1 atom stereocenters. The number of rotatable bonds is 3. The largest absolute Gasteiger partial charge is 0.339 e. The molecule has 1 N–H and O–H groups in total. The predicted molar refractivity (Wildman–Crippen MR) is 59.0 cm³/mol. The smallest absolute Gasteiger partial charge is 0.229 e. The molecule has 5 heteroatoms. The molecule has 3 rings (SSSR count). The van der Waals surface area contributed by atoms with Gasteiger partial charge in [0, 0.05) is 31.6 Å². The lowest BCUT2D eigenvalue weighted by molar-refractivity contribution is 0.193. The van der Waals surface area contributed by atoms with E-state index in [1.807, 2.05) is 0 Å². The van der Waals surface area contributed by atoms with Gasteiger partial charge in [-0.05, 0) is 19.8 Å². The maximum Gasteiger partial charge on any atom is 0.229 e. The number of hydrogen-bond acceptors (Lipinski definition) is 5. The number of aromatic nitrogens is 2. The summed E-state index contributed by atoms with van der Waals surface area (Å²) >= 11 is 0. The quantitative estimate of drug-likeness (QED) is 0.817. The van der Waals surface area contributed by atoms with Gasteiger partial charge in [-0.15, -0.1) is 0 Å². The first-order chi connectivity index (χ1) is 7.81. The van der Waals surface area contributed by atoms with Crippen molar-refractivity contribution < 1.29 is 4.52 Å². The second kappa shape index (κ2) is 4.14. The van der Waals surface area contributed by atoms with Crippen molar-refractivity contribution in [3.05, 3.63) is 11.7 Å². The molecule has 1 aliphatic heterocycles. The van der Waals surface area contributed by atoms with Gasteiger partial charge >= 0.3 is 0 Å². The molecule has 2 heterocycles. The summed E-state index contributed by atoms with van der Waals surface area (Å²) in [5.41, 5.74) is 0. The lowest BCUT2D eigenvalue weighted by atomic mass is 10.2. The van der Waals surface area contributed by atoms with E-state index >= 15 is 0 Å². The van der Waals surface area contributed by atoms with Crippen molar-refractivity contribution in [2.24, 2.45) is 0 Å². The molecule has 16 heavy (non-hydrogen) atoms. The van der Waals surface area contributed by atoms with Crippen LogP contribution in [0.4, 0.5) is 0 Å². The van der Waals surface area contributed by atoms with Crippen molar-refractivity contribution in [1.82, 2.24) is 20.4 Å². The zero-order valence-corrected chi connectivity index (χ0v) is 9.65. The van der Waals surface area contributed by atoms with Gasteiger partial charge in [0.05, 0.1) is 6.54 Å². The van der Waals surface area contributed by atoms with Crippen molar-refractivity contribution in [3.8, 4) is 0 Å². The second-order valence-electron chi connectivity index (χ2n) is 4.91. The molecule has 5 nitrogen and oxygen atoms in total. The van der Waals surface area contributed by atoms with Crippen molar-refractivity contribution in [3.63, 3.8) is 0 Å². The fraction of sp³-hybridized carbons (Fsp3) is 0.818. The molecular weight excluding hydrogens is 204 g/mol. The number of nitrogens with one attached hydrogen (secondary N) is 1. The Labute approximate surface area is 95.2 Å². The second-order valence-corrected chi connectivity index (χ2v) is 4.91. The van der Waals surface area contributed by atoms with E-state index in [1.54, 1.807) is 0 Å². The van der Waals surface area contributed by atoms with Crippen LogP contribution in [0.3, 0.4) is 0 Å². The number of piperazine rings is 1. The maximum absolute atomic E-state index is 5.25. The Hall–Kier alpha value is -0.940. The highest BCUT2D eigenvalue weighted by atomic mass is 16.5. The van der Waals surface area contributed by atoms with Gasteiger partial charge in [-0.25, -0.2) is 0 Å². The average Bonchev–Trinajstić information content (AvgIpc) is 3.01. The minimum atomic E-state index is 0.559. The fourth-order valence-corrected chi connectivity index (χ4v) is 2.18. The van der Waals surface area contributed by atoms with Gasteiger partial charge in [0.1, 0.15) is 0 Å². The van der Waals surface area contributed by atoms with Crippen LogP contribution in [0.15, 0.2) is 4.52 Å². The summed E-state index contributed by atoms with van der Waals surface area (Å²) in [6, 6.07) is 0.559. The molecule has 1 aromatic heterocycles. The summed E-state index contributed by atoms with van der Waals surface area (Å²) in [5, 5.41) is 7.47. The Morgan fingerprint density at radius 2 is 2.38 bits per heavy atom. The molecule has 1 aliphatic carbocycles. The Kier molecular flexibility index (Phi) is 2.65. The van der Waals surface area contributed by atoms with E-state index in [0.717, 1.165) is 37.9 Å². The van der Waals surface area contributed by atoms with Gasteiger partial charge in [-0.3, -0.25) is 4.90 Å². The van der Waals surface area contributed by atoms with E-state index in [0.29, 0.717) is 12.0 Å². The Morgan fingerprint density at radius 1 is 1.50 bits per heavy atom. The van der Waals surface area contributed by atoms with Crippen LogP contribution < -0.4 is 5.32 Å². The first-order valence-electron chi connectivity index (χ1n) is 6.09. The van der Waals surface area contributed by atoms with Crippen molar-refractivity contribution >= 4 is 0 Å². The van der Waals surface area contributed by atoms with Crippen LogP contribution in [0.5, 0.6) is 0 Å². The van der Waals surface area contributed by atoms with Gasteiger partial charge in [0.2, 0.25) is 5.89 Å². The Morgan fingerprint density at radius 3 is 3.12 bits per heavy atom. The highest BCUT2D eigenvalue weighted by molar-refractivity contribution is 5.01. The minimum Gasteiger partial charge on any atom is -0.339 e. The van der Waals surface area contributed by atoms with Crippen LogP contribution in [-0.4, -0.2) is 40.7 Å². The maximum atomic E-state index is 5.25. The third-order valence-electron chi connectivity index (χ3n) is 3.23. The van der Waals surface area contributed by atoms with Crippen LogP contribution in [0, 0.1) is 0 Å². The highest BCUT2D eigenvalue weighted by Gasteiger charge is 2.30. The van der Waals surface area contributed by atoms with E-state index in [-0.39, 0.29) is 0 Å². The topological polar surface area (TPSA) is 54.2 Å². The van der Waals surface area contributed by atoms with Crippen LogP contribution >= 0.6 is 0 Å². The van der Waals surface area contributed by atoms with E-state index in [9.17, 15) is 0 Å². The number of hydrogen-bond donors (Lipinski definition) is 1. The first kappa shape index (κ1) is 10.2. The summed E-state index contributed by atoms with van der Waals surface area (Å²) in [6.07, 6.45) is 2.43. The summed E-state index contributed by atoms with van der Waals surface area (Å²) in [4.78, 5) is 6.83. The van der Waals surface area contributed by atoms with Crippen LogP contribution in [0.1, 0.15) is 37.4 Å². The van der Waals surface area contributed by atoms with Crippen LogP contribution in [0.25, 0.3) is 0 Å². The third kappa shape index (κ3) is 2.25. The molecule has 1 saturated carbocycles. The molecule has 0 spiro atoms. The summed E-state index contributed by atoms with van der Waals surface area (Å²) < 4.78 is 5.25. The van der Waals surface area contributed by atoms with Gasteiger partial charge in [-0.2, -0.15) is 4.98 Å². The molecular formula is C11H18N4O. The average molecular weight is 222 g/mol. The lowest BCUT2D eigenvalue weighted by Crippen LogP contribution is -2.48. The molecule has 0 aromatic carbocycles. The molecule has 88 valence electrons. The first-order valence-corrected chi connectivity index (χ1v) is 6.09. The van der Waals surface area contributed by atoms with Gasteiger partial charge < -0.3 is 9.84 Å². The summed E-state index contributed by atoms with van der Waals surface area (Å²) in [5.74, 6) is 2.25. The molecule has 0 unspecified atom stereocenters. The number of nitrogens with zero attached hydrogens (tertiary/aromatic N) is 3. The molecule has 0 amide bonds. The highest BCUT2D eigenvalue weighted by Crippen LogP contribution is 2.38. The monoisotopic (exact) mass is 222 g/mol. The van der Waals surface area contributed by atoms with Gasteiger partial charge in [0.25, 0.3) is 0 Å². The van der Waals surface area contributed by atoms with E-state index in [4.69, 9.17) is 4.52 Å². The Bertz CT molecular complexity index is 361. The summed E-state index contributed by atoms with van der Waals surface area (Å²) in [6.45, 7) is 6.21. The van der Waals surface area contributed by atoms with Crippen LogP contribution in [-0.2, 0) is 6.54 Å². The normalized spacial score (nSPS) is 27.2.